The van der Waals surface area contributed by atoms with Crippen molar-refractivity contribution in [1.82, 2.24) is 5.32 Å². The molecular weight excluding hydrogens is 178 g/mol. The summed E-state index contributed by atoms with van der Waals surface area (Å²) in [4.78, 5) is 11.0. The first-order chi connectivity index (χ1) is 6.79. The van der Waals surface area contributed by atoms with Crippen LogP contribution in [0.2, 0.25) is 0 Å². The van der Waals surface area contributed by atoms with Crippen molar-refractivity contribution in [2.75, 3.05) is 13.1 Å². The lowest BCUT2D eigenvalue weighted by molar-refractivity contribution is -0.143. The Balaban J connectivity index is 1.97. The van der Waals surface area contributed by atoms with E-state index in [1.807, 2.05) is 0 Å². The standard InChI is InChI=1S/C11H19NO2/c13-11(14)10-7-12-6-9(10)8-4-2-1-3-5-8/h8-10,12H,1-7H2,(H,13,14)/t9-,10+/m1/s1. The second kappa shape index (κ2) is 4.30. The smallest absolute Gasteiger partial charge is 0.308 e. The Morgan fingerprint density at radius 3 is 2.50 bits per heavy atom. The predicted molar refractivity (Wildman–Crippen MR) is 54.1 cm³/mol. The Kier molecular flexibility index (Phi) is 3.06. The fraction of sp³-hybridized carbons (Fsp3) is 0.909. The van der Waals surface area contributed by atoms with E-state index in [1.165, 1.54) is 32.1 Å². The molecule has 2 atom stereocenters. The van der Waals surface area contributed by atoms with Crippen molar-refractivity contribution in [2.24, 2.45) is 17.8 Å². The van der Waals surface area contributed by atoms with Gasteiger partial charge in [-0.25, -0.2) is 0 Å². The molecule has 0 aromatic carbocycles. The molecule has 2 rings (SSSR count). The Morgan fingerprint density at radius 2 is 1.86 bits per heavy atom. The summed E-state index contributed by atoms with van der Waals surface area (Å²) in [5.41, 5.74) is 0. The summed E-state index contributed by atoms with van der Waals surface area (Å²) in [5, 5.41) is 12.3. The van der Waals surface area contributed by atoms with Crippen LogP contribution in [0.25, 0.3) is 0 Å². The third-order valence-corrected chi connectivity index (χ3v) is 3.83. The third-order valence-electron chi connectivity index (χ3n) is 3.83. The predicted octanol–water partition coefficient (Wildman–Crippen LogP) is 1.49. The van der Waals surface area contributed by atoms with Crippen molar-refractivity contribution in [3.05, 3.63) is 0 Å². The number of carboxylic acids is 1. The van der Waals surface area contributed by atoms with E-state index in [4.69, 9.17) is 5.11 Å². The molecule has 0 bridgehead atoms. The molecule has 0 amide bonds. The van der Waals surface area contributed by atoms with Gasteiger partial charge in [-0.2, -0.15) is 0 Å². The first kappa shape index (κ1) is 9.97. The van der Waals surface area contributed by atoms with E-state index in [9.17, 15) is 4.79 Å². The highest BCUT2D eigenvalue weighted by Gasteiger charge is 2.37. The molecule has 2 N–H and O–H groups in total. The molecule has 1 saturated heterocycles. The monoisotopic (exact) mass is 197 g/mol. The van der Waals surface area contributed by atoms with Crippen LogP contribution in [0.5, 0.6) is 0 Å². The van der Waals surface area contributed by atoms with Gasteiger partial charge in [0.25, 0.3) is 0 Å². The van der Waals surface area contributed by atoms with Crippen molar-refractivity contribution < 1.29 is 9.90 Å². The molecule has 0 radical (unpaired) electrons. The number of hydrogen-bond donors (Lipinski definition) is 2. The topological polar surface area (TPSA) is 49.3 Å². The Hall–Kier alpha value is -0.570. The summed E-state index contributed by atoms with van der Waals surface area (Å²) in [6.07, 6.45) is 6.43. The van der Waals surface area contributed by atoms with E-state index in [-0.39, 0.29) is 5.92 Å². The molecular formula is C11H19NO2. The van der Waals surface area contributed by atoms with Crippen LogP contribution in [-0.2, 0) is 4.79 Å². The lowest BCUT2D eigenvalue weighted by Crippen LogP contribution is -2.29. The average molecular weight is 197 g/mol. The minimum atomic E-state index is -0.606. The molecule has 2 fully saturated rings. The van der Waals surface area contributed by atoms with Gasteiger partial charge < -0.3 is 10.4 Å². The number of rotatable bonds is 2. The van der Waals surface area contributed by atoms with Gasteiger partial charge >= 0.3 is 5.97 Å². The summed E-state index contributed by atoms with van der Waals surface area (Å²) >= 11 is 0. The van der Waals surface area contributed by atoms with Crippen LogP contribution in [0, 0.1) is 17.8 Å². The molecule has 80 valence electrons. The van der Waals surface area contributed by atoms with Crippen LogP contribution >= 0.6 is 0 Å². The maximum atomic E-state index is 11.0. The first-order valence-corrected chi connectivity index (χ1v) is 5.72. The second-order valence-corrected chi connectivity index (χ2v) is 4.66. The Bertz CT molecular complexity index is 211. The van der Waals surface area contributed by atoms with E-state index in [0.29, 0.717) is 18.4 Å². The molecule has 0 unspecified atom stereocenters. The van der Waals surface area contributed by atoms with Crippen LogP contribution in [-0.4, -0.2) is 24.2 Å². The third kappa shape index (κ3) is 1.92. The van der Waals surface area contributed by atoms with E-state index in [2.05, 4.69) is 5.32 Å². The lowest BCUT2D eigenvalue weighted by atomic mass is 9.75. The zero-order chi connectivity index (χ0) is 9.97. The maximum Gasteiger partial charge on any atom is 0.308 e. The van der Waals surface area contributed by atoms with Crippen molar-refractivity contribution in [2.45, 2.75) is 32.1 Å². The Labute approximate surface area is 84.9 Å². The molecule has 0 spiro atoms. The largest absolute Gasteiger partial charge is 0.481 e. The summed E-state index contributed by atoms with van der Waals surface area (Å²) in [6.45, 7) is 1.60. The summed E-state index contributed by atoms with van der Waals surface area (Å²) in [6, 6.07) is 0. The van der Waals surface area contributed by atoms with Gasteiger partial charge in [-0.15, -0.1) is 0 Å². The zero-order valence-electron chi connectivity index (χ0n) is 8.54. The lowest BCUT2D eigenvalue weighted by Gasteiger charge is -2.29. The normalized spacial score (nSPS) is 34.6. The van der Waals surface area contributed by atoms with E-state index in [1.54, 1.807) is 0 Å². The van der Waals surface area contributed by atoms with E-state index >= 15 is 0 Å². The molecule has 1 saturated carbocycles. The average Bonchev–Trinajstić information content (AvgIpc) is 2.67. The van der Waals surface area contributed by atoms with Crippen LogP contribution in [0.4, 0.5) is 0 Å². The summed E-state index contributed by atoms with van der Waals surface area (Å²) in [7, 11) is 0. The highest BCUT2D eigenvalue weighted by molar-refractivity contribution is 5.71. The minimum Gasteiger partial charge on any atom is -0.481 e. The molecule has 0 aromatic rings. The number of aliphatic carboxylic acids is 1. The maximum absolute atomic E-state index is 11.0. The van der Waals surface area contributed by atoms with Crippen molar-refractivity contribution in [1.29, 1.82) is 0 Å². The number of carbonyl (C=O) groups is 1. The molecule has 0 aromatic heterocycles. The Morgan fingerprint density at radius 1 is 1.14 bits per heavy atom. The molecule has 1 aliphatic carbocycles. The quantitative estimate of drug-likeness (QED) is 0.705. The molecule has 3 heteroatoms. The van der Waals surface area contributed by atoms with Crippen LogP contribution < -0.4 is 5.32 Å². The molecule has 1 heterocycles. The minimum absolute atomic E-state index is 0.127. The molecule has 3 nitrogen and oxygen atoms in total. The van der Waals surface area contributed by atoms with Gasteiger partial charge in [0.15, 0.2) is 0 Å². The van der Waals surface area contributed by atoms with Crippen LogP contribution in [0.3, 0.4) is 0 Å². The van der Waals surface area contributed by atoms with Crippen molar-refractivity contribution in [3.8, 4) is 0 Å². The van der Waals surface area contributed by atoms with Gasteiger partial charge in [-0.3, -0.25) is 4.79 Å². The molecule has 14 heavy (non-hydrogen) atoms. The fourth-order valence-electron chi connectivity index (χ4n) is 3.03. The van der Waals surface area contributed by atoms with Crippen LogP contribution in [0.15, 0.2) is 0 Å². The summed E-state index contributed by atoms with van der Waals surface area (Å²) in [5.74, 6) is 0.330. The van der Waals surface area contributed by atoms with Gasteiger partial charge in [0.2, 0.25) is 0 Å². The van der Waals surface area contributed by atoms with Crippen LogP contribution in [0.1, 0.15) is 32.1 Å². The van der Waals surface area contributed by atoms with Gasteiger partial charge in [0.1, 0.15) is 0 Å². The molecule has 2 aliphatic rings. The fourth-order valence-corrected chi connectivity index (χ4v) is 3.03. The number of hydrogen-bond acceptors (Lipinski definition) is 2. The van der Waals surface area contributed by atoms with Crippen molar-refractivity contribution >= 4 is 5.97 Å². The van der Waals surface area contributed by atoms with Gasteiger partial charge in [-0.1, -0.05) is 32.1 Å². The van der Waals surface area contributed by atoms with E-state index < -0.39 is 5.97 Å². The highest BCUT2D eigenvalue weighted by Crippen LogP contribution is 2.35. The zero-order valence-corrected chi connectivity index (χ0v) is 8.54. The van der Waals surface area contributed by atoms with Crippen molar-refractivity contribution in [3.63, 3.8) is 0 Å². The van der Waals surface area contributed by atoms with Gasteiger partial charge in [0.05, 0.1) is 5.92 Å². The number of carboxylic acid groups (broad SMARTS) is 1. The van der Waals surface area contributed by atoms with Gasteiger partial charge in [0, 0.05) is 6.54 Å². The van der Waals surface area contributed by atoms with E-state index in [0.717, 1.165) is 6.54 Å². The van der Waals surface area contributed by atoms with Gasteiger partial charge in [-0.05, 0) is 18.4 Å². The first-order valence-electron chi connectivity index (χ1n) is 5.72. The number of nitrogens with one attached hydrogen (secondary N) is 1. The summed E-state index contributed by atoms with van der Waals surface area (Å²) < 4.78 is 0. The molecule has 1 aliphatic heterocycles. The second-order valence-electron chi connectivity index (χ2n) is 4.66. The highest BCUT2D eigenvalue weighted by atomic mass is 16.4. The SMILES string of the molecule is O=C(O)[C@H]1CNC[C@@H]1C1CCCCC1.